The first-order valence-electron chi connectivity index (χ1n) is 34.9. The van der Waals surface area contributed by atoms with Crippen LogP contribution in [0.1, 0.15) is 102 Å². The predicted molar refractivity (Wildman–Crippen MR) is 393 cm³/mol. The molecular weight excluding hydrogens is 1390 g/mol. The topological polar surface area (TPSA) is 516 Å². The lowest BCUT2D eigenvalue weighted by molar-refractivity contribution is -0.144. The summed E-state index contributed by atoms with van der Waals surface area (Å²) < 4.78 is 0. The lowest BCUT2D eigenvalue weighted by Gasteiger charge is -2.28. The number of aromatic hydroxyl groups is 1. The van der Waals surface area contributed by atoms with Crippen molar-refractivity contribution in [1.29, 1.82) is 0 Å². The van der Waals surface area contributed by atoms with Gasteiger partial charge in [-0.1, -0.05) is 131 Å². The van der Waals surface area contributed by atoms with E-state index in [9.17, 15) is 87.5 Å². The van der Waals surface area contributed by atoms with Crippen molar-refractivity contribution in [3.8, 4) is 5.75 Å². The molecule has 20 N–H and O–H groups in total. The number of nitrogens with one attached hydrogen (secondary N) is 12. The van der Waals surface area contributed by atoms with Gasteiger partial charge in [0.1, 0.15) is 66.2 Å². The molecule has 0 unspecified atom stereocenters. The molecule has 578 valence electrons. The summed E-state index contributed by atoms with van der Waals surface area (Å²) in [7, 11) is 0. The summed E-state index contributed by atoms with van der Waals surface area (Å²) in [6.07, 6.45) is 0.898. The fraction of sp³-hybridized carbons (Fsp3) is 0.479. The second kappa shape index (κ2) is 46.3. The van der Waals surface area contributed by atoms with Crippen LogP contribution < -0.4 is 75.3 Å². The molecule has 12 amide bonds. The maximum atomic E-state index is 14.9. The smallest absolute Gasteiger partial charge is 0.326 e. The van der Waals surface area contributed by atoms with Gasteiger partial charge in [0, 0.05) is 25.7 Å². The van der Waals surface area contributed by atoms with Gasteiger partial charge in [-0.3, -0.25) is 62.3 Å². The van der Waals surface area contributed by atoms with Gasteiger partial charge in [-0.25, -0.2) is 4.79 Å². The van der Waals surface area contributed by atoms with Crippen molar-refractivity contribution in [1.82, 2.24) is 63.8 Å². The van der Waals surface area contributed by atoms with Gasteiger partial charge in [-0.2, -0.15) is 11.8 Å². The number of carboxylic acids is 2. The number of phenolic OH excluding ortho intramolecular Hbond substituents is 1. The molecule has 32 nitrogen and oxygen atoms in total. The fourth-order valence-electron chi connectivity index (χ4n) is 10.8. The van der Waals surface area contributed by atoms with Crippen LogP contribution in [0.3, 0.4) is 0 Å². The van der Waals surface area contributed by atoms with Gasteiger partial charge in [0.05, 0.1) is 32.2 Å². The van der Waals surface area contributed by atoms with Crippen LogP contribution in [-0.4, -0.2) is 208 Å². The Labute approximate surface area is 619 Å². The Hall–Kier alpha value is -10.5. The number of carboxylic acid groups (broad SMARTS) is 2. The lowest BCUT2D eigenvalue weighted by atomic mass is 9.99. The van der Waals surface area contributed by atoms with Crippen molar-refractivity contribution in [3.05, 3.63) is 138 Å². The summed E-state index contributed by atoms with van der Waals surface area (Å²) in [6.45, 7) is 5.99. The number of amides is 12. The van der Waals surface area contributed by atoms with Crippen LogP contribution in [0.4, 0.5) is 0 Å². The van der Waals surface area contributed by atoms with E-state index in [1.165, 1.54) is 43.0 Å². The molecule has 4 rings (SSSR count). The molecule has 0 saturated heterocycles. The minimum atomic E-state index is -1.76. The van der Waals surface area contributed by atoms with Crippen LogP contribution in [-0.2, 0) is 92.8 Å². The van der Waals surface area contributed by atoms with Crippen molar-refractivity contribution in [3.63, 3.8) is 0 Å². The summed E-state index contributed by atoms with van der Waals surface area (Å²) in [4.78, 5) is 191. The number of rotatable bonds is 47. The Morgan fingerprint density at radius 1 is 0.396 bits per heavy atom. The first-order valence-corrected chi connectivity index (χ1v) is 36.3. The molecule has 0 aromatic heterocycles. The summed E-state index contributed by atoms with van der Waals surface area (Å²) in [5.41, 5.74) is 13.8. The third-order valence-electron chi connectivity index (χ3n) is 16.4. The molecule has 0 fully saturated rings. The van der Waals surface area contributed by atoms with E-state index in [0.29, 0.717) is 34.4 Å². The number of benzene rings is 4. The zero-order valence-corrected chi connectivity index (χ0v) is 61.2. The molecular formula is C73H102N14O18S. The number of phenols is 1. The first kappa shape index (κ1) is 87.9. The number of thioether (sulfide) groups is 1. The highest BCUT2D eigenvalue weighted by atomic mass is 32.2. The maximum absolute atomic E-state index is 14.9. The summed E-state index contributed by atoms with van der Waals surface area (Å²) in [5, 5.41) is 70.1. The van der Waals surface area contributed by atoms with Crippen molar-refractivity contribution in [2.24, 2.45) is 23.3 Å². The zero-order valence-electron chi connectivity index (χ0n) is 60.4. The van der Waals surface area contributed by atoms with Gasteiger partial charge >= 0.3 is 11.9 Å². The summed E-state index contributed by atoms with van der Waals surface area (Å²) >= 11 is 1.40. The maximum Gasteiger partial charge on any atom is 0.326 e. The molecule has 11 atom stereocenters. The van der Waals surface area contributed by atoms with E-state index < -0.39 is 175 Å². The van der Waals surface area contributed by atoms with Crippen molar-refractivity contribution < 1.29 is 87.5 Å². The molecule has 0 radical (unpaired) electrons. The average molecular weight is 1500 g/mol. The number of hydrogen-bond acceptors (Lipinski definition) is 19. The Bertz CT molecular complexity index is 3560. The number of aliphatic hydroxyl groups is 1. The van der Waals surface area contributed by atoms with Gasteiger partial charge in [-0.05, 0) is 110 Å². The van der Waals surface area contributed by atoms with Crippen LogP contribution in [0.5, 0.6) is 5.75 Å². The molecule has 0 bridgehead atoms. The van der Waals surface area contributed by atoms with Crippen LogP contribution in [0, 0.1) is 11.8 Å². The molecule has 0 aliphatic rings. The van der Waals surface area contributed by atoms with E-state index in [1.807, 2.05) is 0 Å². The van der Waals surface area contributed by atoms with Crippen LogP contribution in [0.15, 0.2) is 115 Å². The number of carbonyl (C=O) groups excluding carboxylic acids is 12. The molecule has 4 aromatic carbocycles. The van der Waals surface area contributed by atoms with Crippen molar-refractivity contribution in [2.75, 3.05) is 38.2 Å². The predicted octanol–water partition coefficient (Wildman–Crippen LogP) is -1.38. The van der Waals surface area contributed by atoms with E-state index in [4.69, 9.17) is 11.5 Å². The van der Waals surface area contributed by atoms with E-state index in [0.717, 1.165) is 0 Å². The number of carbonyl (C=O) groups is 14. The van der Waals surface area contributed by atoms with Gasteiger partial charge in [-0.15, -0.1) is 0 Å². The number of aliphatic carboxylic acids is 2. The van der Waals surface area contributed by atoms with Crippen molar-refractivity contribution >= 4 is 94.6 Å². The summed E-state index contributed by atoms with van der Waals surface area (Å²) in [5.74, 6) is -13.8. The molecule has 33 heteroatoms. The standard InChI is InChI=1S/C73H102N14O18S/c1-42(2)32-52(67(98)82-53(34-45-18-10-7-11-19-45)64(95)77-39-60(90)76-40-61(91)78-57(38-62(92)93)71(102)86-58(73(104)105)33-43(3)4)81-69(100)55(36-47-22-14-9-15-23-47)83-65(96)50(24-16-17-30-74)80-68(99)54(35-46-20-12-8-13-21-46)85-72(103)59(41-88)87-70(101)56(37-48-25-27-49(89)28-26-48)84-66(97)51(29-31-106-6)79-63(94)44(5)75/h7-15,18-23,25-28,42-44,50-59,88-89H,16-17,24,29-41,74-75H2,1-6H3,(H,76,90)(H,77,95)(H,78,91)(H,79,94)(H,80,99)(H,81,100)(H,82,98)(H,83,96)(H,84,97)(H,85,103)(H,86,102)(H,87,101)(H,92,93)(H,104,105)/t44-,50-,51-,52-,53-,54-,55-,56-,57-,58-,59-/m0/s1. The van der Waals surface area contributed by atoms with E-state index >= 15 is 0 Å². The average Bonchev–Trinajstić information content (AvgIpc) is 0.866. The third-order valence-corrected chi connectivity index (χ3v) is 17.0. The molecule has 0 heterocycles. The summed E-state index contributed by atoms with van der Waals surface area (Å²) in [6, 6.07) is 15.5. The fourth-order valence-corrected chi connectivity index (χ4v) is 11.2. The van der Waals surface area contributed by atoms with Crippen LogP contribution >= 0.6 is 11.8 Å². The van der Waals surface area contributed by atoms with Gasteiger partial charge < -0.3 is 95.7 Å². The third kappa shape index (κ3) is 32.7. The van der Waals surface area contributed by atoms with Gasteiger partial charge in [0.15, 0.2) is 0 Å². The number of nitrogens with two attached hydrogens (primary N) is 2. The van der Waals surface area contributed by atoms with Crippen LogP contribution in [0.25, 0.3) is 0 Å². The molecule has 0 saturated carbocycles. The zero-order chi connectivity index (χ0) is 78.4. The number of unbranched alkanes of at least 4 members (excludes halogenated alkanes) is 1. The van der Waals surface area contributed by atoms with Gasteiger partial charge in [0.25, 0.3) is 0 Å². The highest BCUT2D eigenvalue weighted by Gasteiger charge is 2.37. The highest BCUT2D eigenvalue weighted by Crippen LogP contribution is 2.16. The van der Waals surface area contributed by atoms with E-state index in [-0.39, 0.29) is 81.9 Å². The minimum absolute atomic E-state index is 0.00123. The molecule has 0 aliphatic carbocycles. The normalized spacial score (nSPS) is 14.2. The Morgan fingerprint density at radius 3 is 1.18 bits per heavy atom. The van der Waals surface area contributed by atoms with E-state index in [2.05, 4.69) is 63.8 Å². The SMILES string of the molecule is CSCC[C@H](NC(=O)[C@H](C)N)C(=O)N[C@@H](Cc1ccc(O)cc1)C(=O)N[C@@H](CO)C(=O)N[C@@H](Cc1ccccc1)C(=O)N[C@@H](CCCCN)C(=O)N[C@@H](Cc1ccccc1)C(=O)N[C@@H](CC(C)C)C(=O)N[C@@H](Cc1ccccc1)C(=O)NCC(=O)NCC(=O)N[C@@H](CC(=O)O)C(=O)N[C@@H](CC(C)C)C(=O)O. The Balaban J connectivity index is 1.59. The number of aliphatic hydroxyl groups excluding tert-OH is 1. The molecule has 106 heavy (non-hydrogen) atoms. The Kier molecular flexibility index (Phi) is 38.4. The molecule has 4 aromatic rings. The Morgan fingerprint density at radius 2 is 0.755 bits per heavy atom. The monoisotopic (exact) mass is 1490 g/mol. The lowest BCUT2D eigenvalue weighted by Crippen LogP contribution is -2.61. The first-order chi connectivity index (χ1) is 50.4. The number of hydrogen-bond donors (Lipinski definition) is 18. The second-order valence-corrected chi connectivity index (χ2v) is 27.3. The second-order valence-electron chi connectivity index (χ2n) is 26.3. The van der Waals surface area contributed by atoms with Crippen LogP contribution in [0.2, 0.25) is 0 Å². The van der Waals surface area contributed by atoms with Gasteiger partial charge in [0.2, 0.25) is 70.9 Å². The van der Waals surface area contributed by atoms with Crippen molar-refractivity contribution in [2.45, 2.75) is 172 Å². The van der Waals surface area contributed by atoms with E-state index in [1.54, 1.807) is 125 Å². The quantitative estimate of drug-likeness (QED) is 0.0227. The highest BCUT2D eigenvalue weighted by molar-refractivity contribution is 7.98. The minimum Gasteiger partial charge on any atom is -0.508 e. The molecule has 0 spiro atoms. The molecule has 0 aliphatic heterocycles. The largest absolute Gasteiger partial charge is 0.508 e.